The maximum Gasteiger partial charge on any atom is 0.338 e. The van der Waals surface area contributed by atoms with Gasteiger partial charge in [0.25, 0.3) is 0 Å². The Bertz CT molecular complexity index is 538. The van der Waals surface area contributed by atoms with Gasteiger partial charge in [-0.1, -0.05) is 0 Å². The molecule has 0 fully saturated rings. The number of hydrogen-bond acceptors (Lipinski definition) is 6. The van der Waals surface area contributed by atoms with Crippen molar-refractivity contribution < 1.29 is 22.7 Å². The van der Waals surface area contributed by atoms with E-state index in [9.17, 15) is 13.2 Å². The summed E-state index contributed by atoms with van der Waals surface area (Å²) in [7, 11) is -1.94. The van der Waals surface area contributed by atoms with Crippen LogP contribution in [0.2, 0.25) is 0 Å². The van der Waals surface area contributed by atoms with E-state index in [0.29, 0.717) is 0 Å². The third-order valence-electron chi connectivity index (χ3n) is 2.11. The molecule has 7 heteroatoms. The van der Waals surface area contributed by atoms with Crippen molar-refractivity contribution in [2.45, 2.75) is 4.90 Å². The molecule has 1 aromatic carbocycles. The molecule has 1 aromatic rings. The standard InChI is InChI=1S/C11H15NO5S/c1-16-3-4-17-11(13)8-5-9(12)7-10(6-8)18(2,14)15/h5-7H,3-4,12H2,1-2H3. The molecule has 100 valence electrons. The van der Waals surface area contributed by atoms with Gasteiger partial charge in [0.2, 0.25) is 0 Å². The van der Waals surface area contributed by atoms with E-state index in [2.05, 4.69) is 0 Å². The largest absolute Gasteiger partial charge is 0.460 e. The number of hydrogen-bond donors (Lipinski definition) is 1. The molecule has 2 N–H and O–H groups in total. The lowest BCUT2D eigenvalue weighted by molar-refractivity contribution is 0.0388. The van der Waals surface area contributed by atoms with E-state index < -0.39 is 15.8 Å². The summed E-state index contributed by atoms with van der Waals surface area (Å²) in [5, 5.41) is 0. The summed E-state index contributed by atoms with van der Waals surface area (Å²) in [5.74, 6) is -0.635. The fourth-order valence-electron chi connectivity index (χ4n) is 1.26. The van der Waals surface area contributed by atoms with Crippen molar-refractivity contribution in [1.29, 1.82) is 0 Å². The highest BCUT2D eigenvalue weighted by Gasteiger charge is 2.14. The second-order valence-corrected chi connectivity index (χ2v) is 5.71. The zero-order valence-corrected chi connectivity index (χ0v) is 11.0. The molecule has 0 aliphatic heterocycles. The van der Waals surface area contributed by atoms with Crippen molar-refractivity contribution in [2.75, 3.05) is 32.3 Å². The van der Waals surface area contributed by atoms with Crippen LogP contribution in [0.3, 0.4) is 0 Å². The average Bonchev–Trinajstić information content (AvgIpc) is 2.27. The normalized spacial score (nSPS) is 11.2. The molecule has 0 saturated heterocycles. The molecule has 0 spiro atoms. The molecule has 0 radical (unpaired) electrons. The number of anilines is 1. The number of benzene rings is 1. The van der Waals surface area contributed by atoms with Crippen LogP contribution in [0.4, 0.5) is 5.69 Å². The molecule has 6 nitrogen and oxygen atoms in total. The number of rotatable bonds is 5. The van der Waals surface area contributed by atoms with Gasteiger partial charge in [-0.05, 0) is 18.2 Å². The van der Waals surface area contributed by atoms with E-state index in [4.69, 9.17) is 15.2 Å². The van der Waals surface area contributed by atoms with Crippen molar-refractivity contribution >= 4 is 21.5 Å². The number of nitrogen functional groups attached to an aromatic ring is 1. The Morgan fingerprint density at radius 1 is 1.28 bits per heavy atom. The summed E-state index contributed by atoms with van der Waals surface area (Å²) in [4.78, 5) is 11.6. The number of methoxy groups -OCH3 is 1. The highest BCUT2D eigenvalue weighted by molar-refractivity contribution is 7.90. The van der Waals surface area contributed by atoms with Gasteiger partial charge in [0, 0.05) is 19.1 Å². The Labute approximate surface area is 106 Å². The average molecular weight is 273 g/mol. The van der Waals surface area contributed by atoms with Gasteiger partial charge in [-0.2, -0.15) is 0 Å². The molecule has 0 bridgehead atoms. The van der Waals surface area contributed by atoms with Crippen molar-refractivity contribution in [3.63, 3.8) is 0 Å². The first-order valence-corrected chi connectivity index (χ1v) is 7.00. The van der Waals surface area contributed by atoms with Gasteiger partial charge in [0.1, 0.15) is 6.61 Å². The fourth-order valence-corrected chi connectivity index (χ4v) is 1.95. The van der Waals surface area contributed by atoms with Gasteiger partial charge in [0.05, 0.1) is 17.1 Å². The minimum atomic E-state index is -3.42. The smallest absolute Gasteiger partial charge is 0.338 e. The Morgan fingerprint density at radius 2 is 1.94 bits per heavy atom. The minimum absolute atomic E-state index is 0.0128. The zero-order valence-electron chi connectivity index (χ0n) is 10.2. The number of carbonyl (C=O) groups is 1. The van der Waals surface area contributed by atoms with Crippen molar-refractivity contribution in [1.82, 2.24) is 0 Å². The SMILES string of the molecule is COCCOC(=O)c1cc(N)cc(S(C)(=O)=O)c1. The second kappa shape index (κ2) is 5.83. The minimum Gasteiger partial charge on any atom is -0.460 e. The predicted molar refractivity (Wildman–Crippen MR) is 66.1 cm³/mol. The van der Waals surface area contributed by atoms with Gasteiger partial charge in [0.15, 0.2) is 9.84 Å². The Morgan fingerprint density at radius 3 is 2.50 bits per heavy atom. The van der Waals surface area contributed by atoms with Crippen LogP contribution in [0.5, 0.6) is 0 Å². The quantitative estimate of drug-likeness (QED) is 0.476. The van der Waals surface area contributed by atoms with Gasteiger partial charge < -0.3 is 15.2 Å². The summed E-state index contributed by atoms with van der Waals surface area (Å²) in [6.07, 6.45) is 1.04. The van der Waals surface area contributed by atoms with Crippen LogP contribution in [-0.4, -0.2) is 41.0 Å². The third kappa shape index (κ3) is 4.01. The molecule has 18 heavy (non-hydrogen) atoms. The molecular formula is C11H15NO5S. The van der Waals surface area contributed by atoms with E-state index in [1.807, 2.05) is 0 Å². The van der Waals surface area contributed by atoms with Crippen molar-refractivity contribution in [3.05, 3.63) is 23.8 Å². The van der Waals surface area contributed by atoms with Gasteiger partial charge >= 0.3 is 5.97 Å². The van der Waals surface area contributed by atoms with E-state index >= 15 is 0 Å². The molecule has 0 amide bonds. The summed E-state index contributed by atoms with van der Waals surface area (Å²) in [6, 6.07) is 3.89. The van der Waals surface area contributed by atoms with Gasteiger partial charge in [-0.25, -0.2) is 13.2 Å². The summed E-state index contributed by atoms with van der Waals surface area (Å²) in [6.45, 7) is 0.366. The summed E-state index contributed by atoms with van der Waals surface area (Å²) < 4.78 is 32.4. The lowest BCUT2D eigenvalue weighted by Crippen LogP contribution is -2.11. The van der Waals surface area contributed by atoms with Crippen LogP contribution in [0.15, 0.2) is 23.1 Å². The number of esters is 1. The molecule has 0 saturated carbocycles. The van der Waals surface area contributed by atoms with Crippen molar-refractivity contribution in [2.24, 2.45) is 0 Å². The third-order valence-corrected chi connectivity index (χ3v) is 3.21. The maximum atomic E-state index is 11.6. The fraction of sp³-hybridized carbons (Fsp3) is 0.364. The van der Waals surface area contributed by atoms with E-state index in [0.717, 1.165) is 6.26 Å². The molecule has 0 heterocycles. The first kappa shape index (κ1) is 14.5. The molecule has 0 atom stereocenters. The molecule has 0 unspecified atom stereocenters. The van der Waals surface area contributed by atoms with Crippen molar-refractivity contribution in [3.8, 4) is 0 Å². The van der Waals surface area contributed by atoms with Crippen LogP contribution < -0.4 is 5.73 Å². The monoisotopic (exact) mass is 273 g/mol. The van der Waals surface area contributed by atoms with Crippen LogP contribution in [0.1, 0.15) is 10.4 Å². The van der Waals surface area contributed by atoms with E-state index in [-0.39, 0.29) is 29.4 Å². The predicted octanol–water partition coefficient (Wildman–Crippen LogP) is 0.476. The summed E-state index contributed by atoms with van der Waals surface area (Å²) >= 11 is 0. The van der Waals surface area contributed by atoms with Crippen LogP contribution in [-0.2, 0) is 19.3 Å². The Kier molecular flexibility index (Phi) is 4.69. The number of nitrogens with two attached hydrogens (primary N) is 1. The molecule has 0 aliphatic rings. The lowest BCUT2D eigenvalue weighted by atomic mass is 10.2. The molecular weight excluding hydrogens is 258 g/mol. The summed E-state index contributed by atoms with van der Waals surface area (Å²) in [5.41, 5.74) is 5.85. The van der Waals surface area contributed by atoms with Crippen LogP contribution >= 0.6 is 0 Å². The topological polar surface area (TPSA) is 95.7 Å². The molecule has 0 aromatic heterocycles. The van der Waals surface area contributed by atoms with Gasteiger partial charge in [-0.15, -0.1) is 0 Å². The first-order chi connectivity index (χ1) is 8.34. The number of sulfone groups is 1. The number of carbonyl (C=O) groups excluding carboxylic acids is 1. The van der Waals surface area contributed by atoms with Gasteiger partial charge in [-0.3, -0.25) is 0 Å². The maximum absolute atomic E-state index is 11.6. The Balaban J connectivity index is 2.96. The number of ether oxygens (including phenoxy) is 2. The Hall–Kier alpha value is -1.60. The molecule has 1 rings (SSSR count). The van der Waals surface area contributed by atoms with Crippen LogP contribution in [0.25, 0.3) is 0 Å². The highest BCUT2D eigenvalue weighted by atomic mass is 32.2. The highest BCUT2D eigenvalue weighted by Crippen LogP contribution is 2.17. The zero-order chi connectivity index (χ0) is 13.8. The van der Waals surface area contributed by atoms with E-state index in [1.54, 1.807) is 0 Å². The van der Waals surface area contributed by atoms with E-state index in [1.165, 1.54) is 25.3 Å². The first-order valence-electron chi connectivity index (χ1n) is 5.11. The lowest BCUT2D eigenvalue weighted by Gasteiger charge is -2.07. The van der Waals surface area contributed by atoms with Crippen LogP contribution in [0, 0.1) is 0 Å². The second-order valence-electron chi connectivity index (χ2n) is 3.69. The molecule has 0 aliphatic carbocycles.